The van der Waals surface area contributed by atoms with E-state index in [-0.39, 0.29) is 17.9 Å². The third-order valence-corrected chi connectivity index (χ3v) is 7.34. The predicted octanol–water partition coefficient (Wildman–Crippen LogP) is 4.97. The molecule has 0 bridgehead atoms. The summed E-state index contributed by atoms with van der Waals surface area (Å²) in [4.78, 5) is 29.4. The molecular weight excluding hydrogens is 402 g/mol. The number of aryl methyl sites for hydroxylation is 2. The maximum Gasteiger partial charge on any atom is 0.276 e. The fourth-order valence-electron chi connectivity index (χ4n) is 5.39. The van der Waals surface area contributed by atoms with Gasteiger partial charge in [-0.05, 0) is 64.0 Å². The molecule has 2 amide bonds. The Morgan fingerprint density at radius 2 is 1.88 bits per heavy atom. The SMILES string of the molecule is Cc1ccc(N2C(=O)c3cc4occc4n3C[C@@]2(C)C(=O)NC2CCC(C)CC2)c(C)c1. The van der Waals surface area contributed by atoms with Crippen LogP contribution in [0.3, 0.4) is 0 Å². The number of hydrogen-bond acceptors (Lipinski definition) is 3. The second-order valence-electron chi connectivity index (χ2n) is 9.92. The van der Waals surface area contributed by atoms with Crippen LogP contribution in [0, 0.1) is 19.8 Å². The third-order valence-electron chi connectivity index (χ3n) is 7.34. The van der Waals surface area contributed by atoms with Gasteiger partial charge in [0.2, 0.25) is 5.91 Å². The lowest BCUT2D eigenvalue weighted by Crippen LogP contribution is -2.65. The summed E-state index contributed by atoms with van der Waals surface area (Å²) in [5, 5.41) is 3.30. The van der Waals surface area contributed by atoms with Crippen LogP contribution in [-0.2, 0) is 11.3 Å². The molecule has 1 saturated carbocycles. The zero-order valence-electron chi connectivity index (χ0n) is 19.3. The standard InChI is InChI=1S/C26H31N3O3/c1-16-5-8-19(9-6-16)27-25(31)26(4)15-28-21-11-12-32-23(21)14-22(28)24(30)29(26)20-10-7-17(2)13-18(20)3/h7,10-14,16,19H,5-6,8-9,15H2,1-4H3,(H,27,31)/t16?,19?,26-/m0/s1. The molecule has 168 valence electrons. The zero-order chi connectivity index (χ0) is 22.6. The van der Waals surface area contributed by atoms with E-state index >= 15 is 0 Å². The molecule has 32 heavy (non-hydrogen) atoms. The molecule has 1 aliphatic carbocycles. The van der Waals surface area contributed by atoms with Crippen LogP contribution in [0.4, 0.5) is 5.69 Å². The smallest absolute Gasteiger partial charge is 0.276 e. The number of fused-ring (bicyclic) bond motifs is 3. The number of nitrogens with one attached hydrogen (secondary N) is 1. The number of aromatic nitrogens is 1. The van der Waals surface area contributed by atoms with Crippen LogP contribution in [0.5, 0.6) is 0 Å². The van der Waals surface area contributed by atoms with Crippen LogP contribution in [0.1, 0.15) is 61.1 Å². The topological polar surface area (TPSA) is 67.5 Å². The maximum atomic E-state index is 13.9. The minimum absolute atomic E-state index is 0.0960. The van der Waals surface area contributed by atoms with Crippen molar-refractivity contribution in [2.45, 2.75) is 71.5 Å². The summed E-state index contributed by atoms with van der Waals surface area (Å²) in [6.45, 7) is 8.56. The number of benzene rings is 1. The van der Waals surface area contributed by atoms with Gasteiger partial charge >= 0.3 is 0 Å². The molecule has 5 rings (SSSR count). The van der Waals surface area contributed by atoms with Crippen LogP contribution in [0.15, 0.2) is 41.0 Å². The Labute approximate surface area is 188 Å². The first-order chi connectivity index (χ1) is 15.3. The van der Waals surface area contributed by atoms with E-state index in [0.29, 0.717) is 23.7 Å². The molecule has 1 atom stereocenters. The number of carbonyl (C=O) groups is 2. The number of carbonyl (C=O) groups excluding carboxylic acids is 2. The number of amides is 2. The Kier molecular flexibility index (Phi) is 4.91. The number of nitrogens with zero attached hydrogens (tertiary/aromatic N) is 2. The van der Waals surface area contributed by atoms with Gasteiger partial charge in [-0.1, -0.05) is 24.6 Å². The molecule has 0 spiro atoms. The van der Waals surface area contributed by atoms with Crippen molar-refractivity contribution in [1.29, 1.82) is 0 Å². The van der Waals surface area contributed by atoms with Gasteiger partial charge in [-0.2, -0.15) is 0 Å². The van der Waals surface area contributed by atoms with Gasteiger partial charge in [0.1, 0.15) is 11.2 Å². The molecule has 1 fully saturated rings. The van der Waals surface area contributed by atoms with E-state index < -0.39 is 5.54 Å². The fraction of sp³-hybridized carbons (Fsp3) is 0.462. The van der Waals surface area contributed by atoms with Gasteiger partial charge in [-0.15, -0.1) is 0 Å². The average Bonchev–Trinajstić information content (AvgIpc) is 3.34. The monoisotopic (exact) mass is 433 g/mol. The Bertz CT molecular complexity index is 1200. The highest BCUT2D eigenvalue weighted by Crippen LogP contribution is 2.38. The Hall–Kier alpha value is -3.02. The first-order valence-corrected chi connectivity index (χ1v) is 11.6. The summed E-state index contributed by atoms with van der Waals surface area (Å²) < 4.78 is 7.50. The first kappa shape index (κ1) is 20.9. The second kappa shape index (κ2) is 7.54. The lowest BCUT2D eigenvalue weighted by Gasteiger charge is -2.45. The summed E-state index contributed by atoms with van der Waals surface area (Å²) in [6.07, 6.45) is 5.85. The van der Waals surface area contributed by atoms with Gasteiger partial charge in [0, 0.05) is 23.9 Å². The van der Waals surface area contributed by atoms with Crippen molar-refractivity contribution in [2.75, 3.05) is 4.90 Å². The highest BCUT2D eigenvalue weighted by Gasteiger charge is 2.49. The van der Waals surface area contributed by atoms with E-state index in [1.807, 2.05) is 43.5 Å². The van der Waals surface area contributed by atoms with E-state index in [1.165, 1.54) is 0 Å². The molecule has 2 aromatic heterocycles. The van der Waals surface area contributed by atoms with E-state index in [9.17, 15) is 9.59 Å². The largest absolute Gasteiger partial charge is 0.463 e. The lowest BCUT2D eigenvalue weighted by atomic mass is 9.86. The molecule has 2 aliphatic rings. The summed E-state index contributed by atoms with van der Waals surface area (Å²) >= 11 is 0. The number of anilines is 1. The molecule has 3 heterocycles. The maximum absolute atomic E-state index is 13.9. The molecule has 6 nitrogen and oxygen atoms in total. The molecule has 3 aromatic rings. The van der Waals surface area contributed by atoms with Crippen LogP contribution in [-0.4, -0.2) is 28.0 Å². The second-order valence-corrected chi connectivity index (χ2v) is 9.92. The number of rotatable bonds is 3. The molecule has 0 unspecified atom stereocenters. The van der Waals surface area contributed by atoms with E-state index in [0.717, 1.165) is 48.0 Å². The van der Waals surface area contributed by atoms with Crippen molar-refractivity contribution in [3.05, 3.63) is 53.4 Å². The predicted molar refractivity (Wildman–Crippen MR) is 125 cm³/mol. The molecule has 6 heteroatoms. The van der Waals surface area contributed by atoms with Gasteiger partial charge in [-0.3, -0.25) is 14.5 Å². The van der Waals surface area contributed by atoms with Crippen LogP contribution in [0.25, 0.3) is 11.1 Å². The van der Waals surface area contributed by atoms with Gasteiger partial charge in [0.25, 0.3) is 5.91 Å². The van der Waals surface area contributed by atoms with Gasteiger partial charge < -0.3 is 14.3 Å². The normalized spacial score (nSPS) is 25.8. The quantitative estimate of drug-likeness (QED) is 0.634. The molecule has 1 aliphatic heterocycles. The van der Waals surface area contributed by atoms with Crippen LogP contribution in [0.2, 0.25) is 0 Å². The Morgan fingerprint density at radius 1 is 1.12 bits per heavy atom. The molecule has 0 saturated heterocycles. The van der Waals surface area contributed by atoms with Crippen molar-refractivity contribution in [1.82, 2.24) is 9.88 Å². The fourth-order valence-corrected chi connectivity index (χ4v) is 5.39. The summed E-state index contributed by atoms with van der Waals surface area (Å²) in [7, 11) is 0. The summed E-state index contributed by atoms with van der Waals surface area (Å²) in [6, 6.07) is 9.82. The van der Waals surface area contributed by atoms with Gasteiger partial charge in [0.15, 0.2) is 5.58 Å². The van der Waals surface area contributed by atoms with Gasteiger partial charge in [-0.25, -0.2) is 0 Å². The molecule has 0 radical (unpaired) electrons. The number of furan rings is 1. The zero-order valence-corrected chi connectivity index (χ0v) is 19.3. The lowest BCUT2D eigenvalue weighted by molar-refractivity contribution is -0.127. The summed E-state index contributed by atoms with van der Waals surface area (Å²) in [5.41, 5.74) is 3.89. The van der Waals surface area contributed by atoms with Gasteiger partial charge in [0.05, 0.1) is 18.3 Å². The van der Waals surface area contributed by atoms with Crippen LogP contribution < -0.4 is 10.2 Å². The van der Waals surface area contributed by atoms with E-state index in [4.69, 9.17) is 4.42 Å². The molecular formula is C26H31N3O3. The van der Waals surface area contributed by atoms with Crippen molar-refractivity contribution in [3.63, 3.8) is 0 Å². The van der Waals surface area contributed by atoms with Crippen LogP contribution >= 0.6 is 0 Å². The minimum Gasteiger partial charge on any atom is -0.463 e. The minimum atomic E-state index is -1.06. The highest BCUT2D eigenvalue weighted by molar-refractivity contribution is 6.14. The van der Waals surface area contributed by atoms with Crippen molar-refractivity contribution >= 4 is 28.6 Å². The summed E-state index contributed by atoms with van der Waals surface area (Å²) in [5.74, 6) is 0.435. The van der Waals surface area contributed by atoms with Crippen molar-refractivity contribution in [2.24, 2.45) is 5.92 Å². The Morgan fingerprint density at radius 3 is 2.59 bits per heavy atom. The van der Waals surface area contributed by atoms with Crippen molar-refractivity contribution < 1.29 is 14.0 Å². The van der Waals surface area contributed by atoms with Crippen molar-refractivity contribution in [3.8, 4) is 0 Å². The van der Waals surface area contributed by atoms with E-state index in [1.54, 1.807) is 17.2 Å². The number of hydrogen-bond donors (Lipinski definition) is 1. The van der Waals surface area contributed by atoms with E-state index in [2.05, 4.69) is 18.3 Å². The first-order valence-electron chi connectivity index (χ1n) is 11.6. The third kappa shape index (κ3) is 3.24. The molecule has 1 N–H and O–H groups in total. The average molecular weight is 434 g/mol. The molecule has 1 aromatic carbocycles. The Balaban J connectivity index is 1.59. The highest BCUT2D eigenvalue weighted by atomic mass is 16.3.